The Labute approximate surface area is 289 Å². The van der Waals surface area contributed by atoms with Crippen molar-refractivity contribution in [2.24, 2.45) is 17.8 Å². The van der Waals surface area contributed by atoms with Crippen molar-refractivity contribution >= 4 is 23.8 Å². The Kier molecular flexibility index (Phi) is 18.0. The van der Waals surface area contributed by atoms with Gasteiger partial charge in [0, 0.05) is 12.5 Å². The lowest BCUT2D eigenvalue weighted by molar-refractivity contribution is -0.131. The summed E-state index contributed by atoms with van der Waals surface area (Å²) in [6.45, 7) is 13.8. The number of aliphatic hydroxyl groups excluding tert-OH is 1. The summed E-state index contributed by atoms with van der Waals surface area (Å²) in [5.74, 6) is -0.642. The third kappa shape index (κ3) is 15.8. The first kappa shape index (κ1) is 41.0. The predicted molar refractivity (Wildman–Crippen MR) is 190 cm³/mol. The van der Waals surface area contributed by atoms with E-state index in [4.69, 9.17) is 4.74 Å². The molecule has 5 N–H and O–H groups in total. The van der Waals surface area contributed by atoms with Crippen LogP contribution in [0, 0.1) is 17.8 Å². The molecule has 6 atom stereocenters. The van der Waals surface area contributed by atoms with E-state index in [0.29, 0.717) is 50.5 Å². The Hall–Kier alpha value is -3.14. The van der Waals surface area contributed by atoms with E-state index in [2.05, 4.69) is 35.1 Å². The van der Waals surface area contributed by atoms with Crippen molar-refractivity contribution < 1.29 is 29.0 Å². The SMILES string of the molecule is CCC[C@H](NC(=O)[C@H](CCc1ccccc1)NC(=O)OC(C)(C)C)C(=O)N[C@@H](CC1CCCCC1)[C@@H](O)C[C@@H](C)C(=O)NC[C@@H](C)CC. The normalized spacial score (nSPS) is 17.6. The van der Waals surface area contributed by atoms with E-state index in [-0.39, 0.29) is 18.2 Å². The Morgan fingerprint density at radius 2 is 1.50 bits per heavy atom. The Morgan fingerprint density at radius 3 is 2.10 bits per heavy atom. The van der Waals surface area contributed by atoms with Crippen LogP contribution in [0.2, 0.25) is 0 Å². The molecule has 10 heteroatoms. The molecular formula is C38H64N4O6. The van der Waals surface area contributed by atoms with Crippen LogP contribution in [0.15, 0.2) is 30.3 Å². The molecule has 48 heavy (non-hydrogen) atoms. The van der Waals surface area contributed by atoms with E-state index in [1.165, 1.54) is 6.42 Å². The number of amides is 4. The summed E-state index contributed by atoms with van der Waals surface area (Å²) in [4.78, 5) is 53.1. The number of hydrogen-bond donors (Lipinski definition) is 5. The van der Waals surface area contributed by atoms with Gasteiger partial charge in [0.2, 0.25) is 17.7 Å². The summed E-state index contributed by atoms with van der Waals surface area (Å²) in [7, 11) is 0. The minimum atomic E-state index is -0.925. The largest absolute Gasteiger partial charge is 0.444 e. The molecule has 0 unspecified atom stereocenters. The zero-order valence-corrected chi connectivity index (χ0v) is 30.6. The van der Waals surface area contributed by atoms with Gasteiger partial charge in [0.1, 0.15) is 17.7 Å². The topological polar surface area (TPSA) is 146 Å². The molecule has 0 aromatic heterocycles. The van der Waals surface area contributed by atoms with Gasteiger partial charge in [0.05, 0.1) is 12.1 Å². The molecule has 0 heterocycles. The number of rotatable bonds is 19. The number of carbonyl (C=O) groups is 4. The van der Waals surface area contributed by atoms with E-state index in [1.807, 2.05) is 44.2 Å². The average Bonchev–Trinajstić information content (AvgIpc) is 3.04. The van der Waals surface area contributed by atoms with Crippen LogP contribution in [0.25, 0.3) is 0 Å². The summed E-state index contributed by atoms with van der Waals surface area (Å²) in [6, 6.07) is 7.34. The Morgan fingerprint density at radius 1 is 0.875 bits per heavy atom. The zero-order chi connectivity index (χ0) is 35.7. The number of aliphatic hydroxyl groups is 1. The quantitative estimate of drug-likeness (QED) is 0.126. The molecule has 1 aromatic rings. The Balaban J connectivity index is 2.18. The second kappa shape index (κ2) is 21.1. The van der Waals surface area contributed by atoms with E-state index in [0.717, 1.165) is 37.7 Å². The third-order valence-corrected chi connectivity index (χ3v) is 9.25. The van der Waals surface area contributed by atoms with Crippen molar-refractivity contribution in [1.82, 2.24) is 21.3 Å². The van der Waals surface area contributed by atoms with Crippen molar-refractivity contribution in [3.63, 3.8) is 0 Å². The van der Waals surface area contributed by atoms with Gasteiger partial charge in [-0.15, -0.1) is 0 Å². The number of aryl methyl sites for hydroxylation is 1. The van der Waals surface area contributed by atoms with Gasteiger partial charge in [-0.2, -0.15) is 0 Å². The predicted octanol–water partition coefficient (Wildman–Crippen LogP) is 5.80. The molecule has 1 aliphatic rings. The van der Waals surface area contributed by atoms with Crippen molar-refractivity contribution in [3.8, 4) is 0 Å². The van der Waals surface area contributed by atoms with Crippen molar-refractivity contribution in [1.29, 1.82) is 0 Å². The molecule has 1 aromatic carbocycles. The summed E-state index contributed by atoms with van der Waals surface area (Å²) in [6.07, 6.45) is 7.56. The van der Waals surface area contributed by atoms with E-state index in [1.54, 1.807) is 20.8 Å². The lowest BCUT2D eigenvalue weighted by atomic mass is 9.82. The first-order valence-electron chi connectivity index (χ1n) is 18.3. The van der Waals surface area contributed by atoms with Gasteiger partial charge >= 0.3 is 6.09 Å². The van der Waals surface area contributed by atoms with Crippen molar-refractivity contribution in [2.45, 2.75) is 155 Å². The summed E-state index contributed by atoms with van der Waals surface area (Å²) in [5, 5.41) is 23.1. The summed E-state index contributed by atoms with van der Waals surface area (Å²) in [5.41, 5.74) is 0.279. The highest BCUT2D eigenvalue weighted by Crippen LogP contribution is 2.29. The second-order valence-corrected chi connectivity index (χ2v) is 14.9. The number of benzene rings is 1. The molecule has 272 valence electrons. The van der Waals surface area contributed by atoms with Crippen LogP contribution in [0.5, 0.6) is 0 Å². The molecular weight excluding hydrogens is 608 g/mol. The van der Waals surface area contributed by atoms with Gasteiger partial charge < -0.3 is 31.1 Å². The second-order valence-electron chi connectivity index (χ2n) is 14.9. The maximum absolute atomic E-state index is 13.8. The molecule has 10 nitrogen and oxygen atoms in total. The highest BCUT2D eigenvalue weighted by Gasteiger charge is 2.33. The molecule has 0 bridgehead atoms. The van der Waals surface area contributed by atoms with E-state index < -0.39 is 47.7 Å². The molecule has 0 spiro atoms. The smallest absolute Gasteiger partial charge is 0.408 e. The number of ether oxygens (including phenoxy) is 1. The average molecular weight is 673 g/mol. The number of alkyl carbamates (subject to hydrolysis) is 1. The fourth-order valence-electron chi connectivity index (χ4n) is 6.11. The number of hydrogen-bond acceptors (Lipinski definition) is 6. The van der Waals surface area contributed by atoms with Crippen LogP contribution < -0.4 is 21.3 Å². The molecule has 1 saturated carbocycles. The van der Waals surface area contributed by atoms with Crippen LogP contribution in [-0.4, -0.2) is 65.3 Å². The highest BCUT2D eigenvalue weighted by atomic mass is 16.6. The van der Waals surface area contributed by atoms with Gasteiger partial charge in [0.15, 0.2) is 0 Å². The van der Waals surface area contributed by atoms with Crippen LogP contribution in [0.4, 0.5) is 4.79 Å². The highest BCUT2D eigenvalue weighted by molar-refractivity contribution is 5.91. The molecule has 1 fully saturated rings. The van der Waals surface area contributed by atoms with Crippen LogP contribution in [0.1, 0.15) is 125 Å². The van der Waals surface area contributed by atoms with Gasteiger partial charge in [-0.25, -0.2) is 4.79 Å². The van der Waals surface area contributed by atoms with Gasteiger partial charge in [-0.1, -0.05) is 103 Å². The molecule has 4 amide bonds. The molecule has 2 rings (SSSR count). The summed E-state index contributed by atoms with van der Waals surface area (Å²) < 4.78 is 5.44. The van der Waals surface area contributed by atoms with Crippen LogP contribution in [0.3, 0.4) is 0 Å². The monoisotopic (exact) mass is 672 g/mol. The minimum absolute atomic E-state index is 0.104. The van der Waals surface area contributed by atoms with Crippen molar-refractivity contribution in [2.75, 3.05) is 6.54 Å². The van der Waals surface area contributed by atoms with E-state index in [9.17, 15) is 24.3 Å². The fourth-order valence-corrected chi connectivity index (χ4v) is 6.11. The first-order valence-corrected chi connectivity index (χ1v) is 18.3. The summed E-state index contributed by atoms with van der Waals surface area (Å²) >= 11 is 0. The number of carbonyl (C=O) groups excluding carboxylic acids is 4. The van der Waals surface area contributed by atoms with Gasteiger partial charge in [-0.3, -0.25) is 14.4 Å². The van der Waals surface area contributed by atoms with Gasteiger partial charge in [0.25, 0.3) is 0 Å². The van der Waals surface area contributed by atoms with E-state index >= 15 is 0 Å². The van der Waals surface area contributed by atoms with Crippen LogP contribution in [-0.2, 0) is 25.5 Å². The third-order valence-electron chi connectivity index (χ3n) is 9.25. The first-order chi connectivity index (χ1) is 22.7. The van der Waals surface area contributed by atoms with Gasteiger partial charge in [-0.05, 0) is 70.3 Å². The molecule has 0 saturated heterocycles. The molecule has 0 aliphatic heterocycles. The zero-order valence-electron chi connectivity index (χ0n) is 30.6. The number of nitrogens with one attached hydrogen (secondary N) is 4. The molecule has 0 radical (unpaired) electrons. The Bertz CT molecular complexity index is 1120. The standard InChI is InChI=1S/C38H64N4O6/c1-8-16-30(40-36(46)31(42-37(47)48-38(5,6)7)22-21-28-17-12-10-13-18-28)35(45)41-32(24-29-19-14-11-15-20-29)33(43)23-27(4)34(44)39-25-26(3)9-2/h10,12-13,17-18,26-27,29-33,43H,8-9,11,14-16,19-25H2,1-7H3,(H,39,44)(H,40,46)(H,41,45)(H,42,47)/t26-,27+,30-,31-,32-,33-/m0/s1. The molecule has 1 aliphatic carbocycles. The van der Waals surface area contributed by atoms with Crippen molar-refractivity contribution in [3.05, 3.63) is 35.9 Å². The maximum atomic E-state index is 13.8. The minimum Gasteiger partial charge on any atom is -0.444 e. The van der Waals surface area contributed by atoms with Crippen LogP contribution >= 0.6 is 0 Å². The lowest BCUT2D eigenvalue weighted by Gasteiger charge is -2.32. The maximum Gasteiger partial charge on any atom is 0.408 e. The lowest BCUT2D eigenvalue weighted by Crippen LogP contribution is -2.56. The fraction of sp³-hybridized carbons (Fsp3) is 0.737.